The molecule has 2 N–H and O–H groups in total. The van der Waals surface area contributed by atoms with Gasteiger partial charge in [-0.25, -0.2) is 0 Å². The first-order chi connectivity index (χ1) is 8.50. The molecule has 1 fully saturated rings. The van der Waals surface area contributed by atoms with Crippen LogP contribution in [0.5, 0.6) is 0 Å². The lowest BCUT2D eigenvalue weighted by Gasteiger charge is -2.35. The minimum Gasteiger partial charge on any atom is -0.388 e. The Balaban J connectivity index is 1.91. The Morgan fingerprint density at radius 2 is 2.50 bits per heavy atom. The van der Waals surface area contributed by atoms with Crippen molar-refractivity contribution in [3.63, 3.8) is 0 Å². The van der Waals surface area contributed by atoms with Crippen molar-refractivity contribution < 1.29 is 14.4 Å². The van der Waals surface area contributed by atoms with E-state index in [0.717, 1.165) is 25.7 Å². The summed E-state index contributed by atoms with van der Waals surface area (Å²) in [6, 6.07) is 0. The Morgan fingerprint density at radius 1 is 1.72 bits per heavy atom. The highest BCUT2D eigenvalue weighted by atomic mass is 16.5. The van der Waals surface area contributed by atoms with Crippen molar-refractivity contribution >= 4 is 5.91 Å². The topological polar surface area (TPSA) is 75.4 Å². The smallest absolute Gasteiger partial charge is 0.290 e. The van der Waals surface area contributed by atoms with Crippen LogP contribution in [-0.2, 0) is 0 Å². The van der Waals surface area contributed by atoms with Crippen molar-refractivity contribution in [2.45, 2.75) is 45.1 Å². The Kier molecular flexibility index (Phi) is 3.71. The molecule has 18 heavy (non-hydrogen) atoms. The van der Waals surface area contributed by atoms with Crippen molar-refractivity contribution in [3.05, 3.63) is 17.5 Å². The second-order valence-electron chi connectivity index (χ2n) is 5.45. The summed E-state index contributed by atoms with van der Waals surface area (Å²) in [6.45, 7) is 4.17. The standard InChI is InChI=1S/C13H20N2O3/c1-9-4-3-5-13(17,6-9)8-14-12(16)11-10(2)7-15-18-11/h7,9,17H,3-6,8H2,1-2H3,(H,14,16). The molecular weight excluding hydrogens is 232 g/mol. The van der Waals surface area contributed by atoms with E-state index in [2.05, 4.69) is 17.4 Å². The van der Waals surface area contributed by atoms with Crippen molar-refractivity contribution in [2.75, 3.05) is 6.54 Å². The number of hydrogen-bond donors (Lipinski definition) is 2. The molecule has 0 saturated heterocycles. The van der Waals surface area contributed by atoms with E-state index in [4.69, 9.17) is 4.52 Å². The maximum absolute atomic E-state index is 11.8. The average molecular weight is 252 g/mol. The van der Waals surface area contributed by atoms with Gasteiger partial charge in [0, 0.05) is 12.1 Å². The molecule has 1 amide bonds. The molecule has 2 rings (SSSR count). The van der Waals surface area contributed by atoms with Gasteiger partial charge in [0.1, 0.15) is 0 Å². The number of aliphatic hydroxyl groups is 1. The minimum atomic E-state index is -0.777. The van der Waals surface area contributed by atoms with Crippen molar-refractivity contribution in [1.29, 1.82) is 0 Å². The fraction of sp³-hybridized carbons (Fsp3) is 0.692. The van der Waals surface area contributed by atoms with Crippen LogP contribution in [0.2, 0.25) is 0 Å². The fourth-order valence-corrected chi connectivity index (χ4v) is 2.63. The van der Waals surface area contributed by atoms with Crippen LogP contribution in [0, 0.1) is 12.8 Å². The van der Waals surface area contributed by atoms with Gasteiger partial charge in [0.25, 0.3) is 5.91 Å². The molecule has 0 aliphatic heterocycles. The highest BCUT2D eigenvalue weighted by Crippen LogP contribution is 2.31. The minimum absolute atomic E-state index is 0.224. The first-order valence-corrected chi connectivity index (χ1v) is 6.42. The van der Waals surface area contributed by atoms with Gasteiger partial charge >= 0.3 is 0 Å². The lowest BCUT2D eigenvalue weighted by Crippen LogP contribution is -2.45. The maximum Gasteiger partial charge on any atom is 0.290 e. The molecule has 1 saturated carbocycles. The Bertz CT molecular complexity index is 430. The highest BCUT2D eigenvalue weighted by molar-refractivity contribution is 5.92. The number of carbonyl (C=O) groups is 1. The molecular formula is C13H20N2O3. The molecule has 2 unspecified atom stereocenters. The summed E-state index contributed by atoms with van der Waals surface area (Å²) >= 11 is 0. The largest absolute Gasteiger partial charge is 0.388 e. The van der Waals surface area contributed by atoms with Crippen LogP contribution >= 0.6 is 0 Å². The summed E-state index contributed by atoms with van der Waals surface area (Å²) < 4.78 is 4.88. The first kappa shape index (κ1) is 13.1. The number of hydrogen-bond acceptors (Lipinski definition) is 4. The summed E-state index contributed by atoms with van der Waals surface area (Å²) in [5.74, 6) is 0.423. The van der Waals surface area contributed by atoms with E-state index in [-0.39, 0.29) is 18.2 Å². The summed E-state index contributed by atoms with van der Waals surface area (Å²) in [5.41, 5.74) is -0.0714. The molecule has 0 aromatic carbocycles. The van der Waals surface area contributed by atoms with Gasteiger partial charge in [0.15, 0.2) is 0 Å². The van der Waals surface area contributed by atoms with Gasteiger partial charge in [-0.2, -0.15) is 0 Å². The summed E-state index contributed by atoms with van der Waals surface area (Å²) in [6.07, 6.45) is 5.15. The van der Waals surface area contributed by atoms with E-state index in [1.165, 1.54) is 6.20 Å². The van der Waals surface area contributed by atoms with Crippen LogP contribution in [0.25, 0.3) is 0 Å². The lowest BCUT2D eigenvalue weighted by molar-refractivity contribution is -0.0111. The number of aromatic nitrogens is 1. The molecule has 5 heteroatoms. The van der Waals surface area contributed by atoms with Crippen LogP contribution < -0.4 is 5.32 Å². The van der Waals surface area contributed by atoms with Crippen LogP contribution in [0.3, 0.4) is 0 Å². The van der Waals surface area contributed by atoms with Crippen molar-refractivity contribution in [3.8, 4) is 0 Å². The van der Waals surface area contributed by atoms with E-state index < -0.39 is 5.60 Å². The van der Waals surface area contributed by atoms with Crippen LogP contribution in [-0.4, -0.2) is 28.3 Å². The maximum atomic E-state index is 11.8. The van der Waals surface area contributed by atoms with Crippen molar-refractivity contribution in [1.82, 2.24) is 10.5 Å². The van der Waals surface area contributed by atoms with Gasteiger partial charge in [-0.1, -0.05) is 24.9 Å². The van der Waals surface area contributed by atoms with E-state index in [1.54, 1.807) is 6.92 Å². The molecule has 1 aromatic heterocycles. The van der Waals surface area contributed by atoms with Gasteiger partial charge in [0.2, 0.25) is 5.76 Å². The fourth-order valence-electron chi connectivity index (χ4n) is 2.63. The number of rotatable bonds is 3. The van der Waals surface area contributed by atoms with E-state index >= 15 is 0 Å². The van der Waals surface area contributed by atoms with Crippen LogP contribution in [0.4, 0.5) is 0 Å². The molecule has 1 aromatic rings. The molecule has 0 bridgehead atoms. The number of nitrogens with one attached hydrogen (secondary N) is 1. The number of amides is 1. The lowest BCUT2D eigenvalue weighted by atomic mass is 9.79. The van der Waals surface area contributed by atoms with Crippen molar-refractivity contribution in [2.24, 2.45) is 5.92 Å². The average Bonchev–Trinajstić information content (AvgIpc) is 2.72. The molecule has 5 nitrogen and oxygen atoms in total. The third-order valence-corrected chi connectivity index (χ3v) is 3.60. The zero-order valence-electron chi connectivity index (χ0n) is 10.9. The third kappa shape index (κ3) is 2.90. The molecule has 0 radical (unpaired) electrons. The Labute approximate surface area is 107 Å². The SMILES string of the molecule is Cc1cnoc1C(=O)NCC1(O)CCCC(C)C1. The molecule has 100 valence electrons. The van der Waals surface area contributed by atoms with Crippen LogP contribution in [0.15, 0.2) is 10.7 Å². The zero-order chi connectivity index (χ0) is 13.2. The first-order valence-electron chi connectivity index (χ1n) is 6.42. The normalized spacial score (nSPS) is 28.1. The van der Waals surface area contributed by atoms with E-state index in [1.807, 2.05) is 0 Å². The van der Waals surface area contributed by atoms with Gasteiger partial charge < -0.3 is 14.9 Å². The van der Waals surface area contributed by atoms with E-state index in [0.29, 0.717) is 11.5 Å². The second-order valence-corrected chi connectivity index (χ2v) is 5.45. The predicted molar refractivity (Wildman–Crippen MR) is 66.2 cm³/mol. The van der Waals surface area contributed by atoms with Gasteiger partial charge in [-0.3, -0.25) is 4.79 Å². The molecule has 1 aliphatic carbocycles. The van der Waals surface area contributed by atoms with Gasteiger partial charge in [0.05, 0.1) is 11.8 Å². The quantitative estimate of drug-likeness (QED) is 0.857. The monoisotopic (exact) mass is 252 g/mol. The third-order valence-electron chi connectivity index (χ3n) is 3.60. The number of carbonyl (C=O) groups excluding carboxylic acids is 1. The molecule has 1 heterocycles. The van der Waals surface area contributed by atoms with E-state index in [9.17, 15) is 9.90 Å². The van der Waals surface area contributed by atoms with Gasteiger partial charge in [-0.15, -0.1) is 0 Å². The number of aryl methyl sites for hydroxylation is 1. The Morgan fingerprint density at radius 3 is 3.11 bits per heavy atom. The highest BCUT2D eigenvalue weighted by Gasteiger charge is 2.33. The summed E-state index contributed by atoms with van der Waals surface area (Å²) in [5, 5.41) is 16.7. The van der Waals surface area contributed by atoms with Crippen LogP contribution in [0.1, 0.15) is 48.7 Å². The summed E-state index contributed by atoms with van der Waals surface area (Å²) in [4.78, 5) is 11.8. The summed E-state index contributed by atoms with van der Waals surface area (Å²) in [7, 11) is 0. The number of nitrogens with zero attached hydrogens (tertiary/aromatic N) is 1. The second kappa shape index (κ2) is 5.10. The van der Waals surface area contributed by atoms with Gasteiger partial charge in [-0.05, 0) is 25.7 Å². The predicted octanol–water partition coefficient (Wildman–Crippen LogP) is 1.65. The zero-order valence-corrected chi connectivity index (χ0v) is 10.9. The molecule has 0 spiro atoms. The molecule has 1 aliphatic rings. The molecule has 2 atom stereocenters. The Hall–Kier alpha value is -1.36.